The molecule has 0 aliphatic heterocycles. The molecule has 110 valence electrons. The summed E-state index contributed by atoms with van der Waals surface area (Å²) >= 11 is 0. The molecule has 0 spiro atoms. The van der Waals surface area contributed by atoms with Crippen LogP contribution >= 0.6 is 0 Å². The first kappa shape index (κ1) is 14.6. The van der Waals surface area contributed by atoms with Crippen LogP contribution in [0.4, 0.5) is 0 Å². The normalized spacial score (nSPS) is 26.2. The number of nitrogens with zero attached hydrogens (tertiary/aromatic N) is 2. The Hall–Kier alpha value is -1.85. The number of amides is 1. The lowest BCUT2D eigenvalue weighted by molar-refractivity contribution is -0.151. The SMILES string of the molecule is CC1CCC(CNC(=O)c2cncn2C)(C(=O)O)CC1. The number of aromatic nitrogens is 2. The van der Waals surface area contributed by atoms with Crippen LogP contribution in [0.3, 0.4) is 0 Å². The van der Waals surface area contributed by atoms with Gasteiger partial charge in [0.15, 0.2) is 0 Å². The minimum atomic E-state index is -0.819. The second-order valence-electron chi connectivity index (χ2n) is 5.84. The van der Waals surface area contributed by atoms with Gasteiger partial charge in [-0.2, -0.15) is 0 Å². The molecule has 1 saturated carbocycles. The smallest absolute Gasteiger partial charge is 0.311 e. The van der Waals surface area contributed by atoms with Crippen LogP contribution in [0.5, 0.6) is 0 Å². The Morgan fingerprint density at radius 2 is 2.15 bits per heavy atom. The fourth-order valence-electron chi connectivity index (χ4n) is 2.70. The van der Waals surface area contributed by atoms with E-state index >= 15 is 0 Å². The van der Waals surface area contributed by atoms with E-state index in [1.165, 1.54) is 6.20 Å². The van der Waals surface area contributed by atoms with Crippen LogP contribution in [-0.4, -0.2) is 33.1 Å². The summed E-state index contributed by atoms with van der Waals surface area (Å²) in [6, 6.07) is 0. The molecule has 1 aromatic heterocycles. The van der Waals surface area contributed by atoms with Crippen molar-refractivity contribution in [3.05, 3.63) is 18.2 Å². The molecule has 2 N–H and O–H groups in total. The summed E-state index contributed by atoms with van der Waals surface area (Å²) in [7, 11) is 1.73. The summed E-state index contributed by atoms with van der Waals surface area (Å²) in [6.07, 6.45) is 6.06. The van der Waals surface area contributed by atoms with Gasteiger partial charge < -0.3 is 15.0 Å². The number of aliphatic carboxylic acids is 1. The molecular formula is C14H21N3O3. The van der Waals surface area contributed by atoms with Gasteiger partial charge in [-0.3, -0.25) is 9.59 Å². The minimum absolute atomic E-state index is 0.180. The largest absolute Gasteiger partial charge is 0.481 e. The standard InChI is InChI=1S/C14H21N3O3/c1-10-3-5-14(6-4-10,13(19)20)8-16-12(18)11-7-15-9-17(11)2/h7,9-10H,3-6,8H2,1-2H3,(H,16,18)(H,19,20). The molecular weight excluding hydrogens is 258 g/mol. The number of hydrogen-bond donors (Lipinski definition) is 2. The second-order valence-corrected chi connectivity index (χ2v) is 5.84. The number of nitrogens with one attached hydrogen (secondary N) is 1. The van der Waals surface area contributed by atoms with Crippen LogP contribution in [-0.2, 0) is 11.8 Å². The fourth-order valence-corrected chi connectivity index (χ4v) is 2.70. The lowest BCUT2D eigenvalue weighted by Gasteiger charge is -2.35. The van der Waals surface area contributed by atoms with Gasteiger partial charge in [-0.25, -0.2) is 4.98 Å². The maximum absolute atomic E-state index is 12.0. The highest BCUT2D eigenvalue weighted by atomic mass is 16.4. The van der Waals surface area contributed by atoms with Gasteiger partial charge in [0.2, 0.25) is 0 Å². The van der Waals surface area contributed by atoms with Gasteiger partial charge in [0.25, 0.3) is 5.91 Å². The number of carbonyl (C=O) groups is 2. The number of carbonyl (C=O) groups excluding carboxylic acids is 1. The molecule has 2 rings (SSSR count). The van der Waals surface area contributed by atoms with Gasteiger partial charge in [-0.05, 0) is 31.6 Å². The zero-order valence-electron chi connectivity index (χ0n) is 11.9. The lowest BCUT2D eigenvalue weighted by atomic mass is 9.71. The highest BCUT2D eigenvalue weighted by Crippen LogP contribution is 2.38. The summed E-state index contributed by atoms with van der Waals surface area (Å²) < 4.78 is 1.62. The van der Waals surface area contributed by atoms with Crippen LogP contribution in [0.1, 0.15) is 43.1 Å². The molecule has 1 heterocycles. The molecule has 0 bridgehead atoms. The van der Waals surface area contributed by atoms with E-state index in [2.05, 4.69) is 17.2 Å². The van der Waals surface area contributed by atoms with Crippen molar-refractivity contribution in [2.75, 3.05) is 6.54 Å². The van der Waals surface area contributed by atoms with Gasteiger partial charge in [-0.1, -0.05) is 6.92 Å². The number of hydrogen-bond acceptors (Lipinski definition) is 3. The van der Waals surface area contributed by atoms with Gasteiger partial charge in [0.1, 0.15) is 5.69 Å². The van der Waals surface area contributed by atoms with E-state index in [0.717, 1.165) is 12.8 Å². The lowest BCUT2D eigenvalue weighted by Crippen LogP contribution is -2.45. The van der Waals surface area contributed by atoms with E-state index in [4.69, 9.17) is 0 Å². The Morgan fingerprint density at radius 3 is 2.65 bits per heavy atom. The Morgan fingerprint density at radius 1 is 1.50 bits per heavy atom. The number of aryl methyl sites for hydroxylation is 1. The first-order valence-electron chi connectivity index (χ1n) is 6.92. The van der Waals surface area contributed by atoms with Crippen molar-refractivity contribution in [3.63, 3.8) is 0 Å². The highest BCUT2D eigenvalue weighted by Gasteiger charge is 2.41. The summed E-state index contributed by atoms with van der Waals surface area (Å²) in [5, 5.41) is 12.3. The van der Waals surface area contributed by atoms with Crippen molar-refractivity contribution in [1.82, 2.24) is 14.9 Å². The van der Waals surface area contributed by atoms with Crippen LogP contribution in [0.25, 0.3) is 0 Å². The van der Waals surface area contributed by atoms with Crippen molar-refractivity contribution in [2.45, 2.75) is 32.6 Å². The topological polar surface area (TPSA) is 84.2 Å². The van der Waals surface area contributed by atoms with Gasteiger partial charge >= 0.3 is 5.97 Å². The Kier molecular flexibility index (Phi) is 4.11. The molecule has 6 heteroatoms. The molecule has 1 aromatic rings. The number of carboxylic acid groups (broad SMARTS) is 1. The molecule has 1 aliphatic rings. The highest BCUT2D eigenvalue weighted by molar-refractivity contribution is 5.92. The van der Waals surface area contributed by atoms with Gasteiger partial charge in [0, 0.05) is 13.6 Å². The molecule has 0 aromatic carbocycles. The van der Waals surface area contributed by atoms with Crippen LogP contribution < -0.4 is 5.32 Å². The van der Waals surface area contributed by atoms with Crippen LogP contribution in [0.15, 0.2) is 12.5 Å². The third-order valence-corrected chi connectivity index (χ3v) is 4.32. The fraction of sp³-hybridized carbons (Fsp3) is 0.643. The minimum Gasteiger partial charge on any atom is -0.481 e. The molecule has 20 heavy (non-hydrogen) atoms. The molecule has 0 saturated heterocycles. The molecule has 0 radical (unpaired) electrons. The molecule has 1 aliphatic carbocycles. The zero-order valence-corrected chi connectivity index (χ0v) is 11.9. The number of imidazole rings is 1. The monoisotopic (exact) mass is 279 g/mol. The molecule has 1 amide bonds. The first-order valence-corrected chi connectivity index (χ1v) is 6.92. The summed E-state index contributed by atoms with van der Waals surface area (Å²) in [6.45, 7) is 2.32. The van der Waals surface area contributed by atoms with E-state index in [0.29, 0.717) is 24.5 Å². The molecule has 1 fully saturated rings. The average Bonchev–Trinajstić information content (AvgIpc) is 2.84. The molecule has 0 unspecified atom stereocenters. The predicted molar refractivity (Wildman–Crippen MR) is 73.2 cm³/mol. The van der Waals surface area contributed by atoms with E-state index in [1.807, 2.05) is 0 Å². The van der Waals surface area contributed by atoms with Gasteiger partial charge in [-0.15, -0.1) is 0 Å². The first-order chi connectivity index (χ1) is 9.44. The van der Waals surface area contributed by atoms with Crippen molar-refractivity contribution in [3.8, 4) is 0 Å². The quantitative estimate of drug-likeness (QED) is 0.873. The Bertz CT molecular complexity index is 502. The van der Waals surface area contributed by atoms with Gasteiger partial charge in [0.05, 0.1) is 17.9 Å². The predicted octanol–water partition coefficient (Wildman–Crippen LogP) is 1.43. The molecule has 6 nitrogen and oxygen atoms in total. The third-order valence-electron chi connectivity index (χ3n) is 4.32. The van der Waals surface area contributed by atoms with E-state index in [-0.39, 0.29) is 12.5 Å². The molecule has 0 atom stereocenters. The average molecular weight is 279 g/mol. The Balaban J connectivity index is 2.02. The maximum atomic E-state index is 12.0. The zero-order chi connectivity index (χ0) is 14.8. The number of carboxylic acids is 1. The van der Waals surface area contributed by atoms with Crippen molar-refractivity contribution < 1.29 is 14.7 Å². The van der Waals surface area contributed by atoms with Crippen LogP contribution in [0, 0.1) is 11.3 Å². The summed E-state index contributed by atoms with van der Waals surface area (Å²) in [4.78, 5) is 27.5. The van der Waals surface area contributed by atoms with Crippen LogP contribution in [0.2, 0.25) is 0 Å². The van der Waals surface area contributed by atoms with E-state index in [9.17, 15) is 14.7 Å². The van der Waals surface area contributed by atoms with E-state index < -0.39 is 11.4 Å². The maximum Gasteiger partial charge on any atom is 0.311 e. The van der Waals surface area contributed by atoms with E-state index in [1.54, 1.807) is 17.9 Å². The van der Waals surface area contributed by atoms with Crippen molar-refractivity contribution in [1.29, 1.82) is 0 Å². The number of rotatable bonds is 4. The summed E-state index contributed by atoms with van der Waals surface area (Å²) in [5.41, 5.74) is -0.379. The third kappa shape index (κ3) is 2.84. The summed E-state index contributed by atoms with van der Waals surface area (Å²) in [5.74, 6) is -0.519. The Labute approximate surface area is 118 Å². The van der Waals surface area contributed by atoms with Crippen molar-refractivity contribution in [2.24, 2.45) is 18.4 Å². The van der Waals surface area contributed by atoms with Crippen molar-refractivity contribution >= 4 is 11.9 Å². The second kappa shape index (κ2) is 5.64.